The number of carbonyl (C=O) groups excluding carboxylic acids is 2. The van der Waals surface area contributed by atoms with Gasteiger partial charge in [0.25, 0.3) is 0 Å². The van der Waals surface area contributed by atoms with E-state index in [1.54, 1.807) is 18.3 Å². The van der Waals surface area contributed by atoms with E-state index in [4.69, 9.17) is 0 Å². The van der Waals surface area contributed by atoms with Gasteiger partial charge < -0.3 is 15.1 Å². The third-order valence-electron chi connectivity index (χ3n) is 3.18. The number of nitrogens with zero attached hydrogens (tertiary/aromatic N) is 3. The van der Waals surface area contributed by atoms with E-state index in [2.05, 4.69) is 15.1 Å². The minimum absolute atomic E-state index is 0.0938. The Hall–Kier alpha value is -2.36. The van der Waals surface area contributed by atoms with E-state index in [0.717, 1.165) is 10.8 Å². The predicted octanol–water partition coefficient (Wildman–Crippen LogP) is 1.04. The first-order valence-electron chi connectivity index (χ1n) is 6.65. The molecule has 0 radical (unpaired) electrons. The molecule has 1 N–H and O–H groups in total. The number of alkyl halides is 3. The van der Waals surface area contributed by atoms with E-state index in [1.807, 2.05) is 19.0 Å². The molecule has 1 fully saturated rings. The normalized spacial score (nSPS) is 15.7. The van der Waals surface area contributed by atoms with E-state index in [1.165, 1.54) is 0 Å². The van der Waals surface area contributed by atoms with Gasteiger partial charge in [0.1, 0.15) is 5.82 Å². The summed E-state index contributed by atoms with van der Waals surface area (Å²) in [6, 6.07) is 3.38. The second kappa shape index (κ2) is 6.41. The van der Waals surface area contributed by atoms with Gasteiger partial charge in [-0.3, -0.25) is 4.79 Å². The largest absolute Gasteiger partial charge is 0.492 e. The molecule has 1 aliphatic heterocycles. The van der Waals surface area contributed by atoms with Gasteiger partial charge in [0, 0.05) is 27.2 Å². The highest BCUT2D eigenvalue weighted by atomic mass is 19.4. The zero-order chi connectivity index (χ0) is 17.2. The summed E-state index contributed by atoms with van der Waals surface area (Å²) in [5, 5.41) is 3.35. The summed E-state index contributed by atoms with van der Waals surface area (Å²) in [7, 11) is 3.70. The lowest BCUT2D eigenvalue weighted by molar-refractivity contribution is -0.256. The van der Waals surface area contributed by atoms with Gasteiger partial charge in [0.2, 0.25) is 5.91 Å². The minimum Gasteiger partial charge on any atom is -0.376 e. The Kier molecular flexibility index (Phi) is 4.73. The van der Waals surface area contributed by atoms with Crippen LogP contribution in [-0.4, -0.2) is 55.3 Å². The van der Waals surface area contributed by atoms with Crippen LogP contribution in [0, 0.1) is 5.92 Å². The lowest BCUT2D eigenvalue weighted by atomic mass is 10.0. The van der Waals surface area contributed by atoms with Crippen molar-refractivity contribution in [3.8, 4) is 0 Å². The van der Waals surface area contributed by atoms with Crippen molar-refractivity contribution >= 4 is 23.4 Å². The van der Waals surface area contributed by atoms with E-state index in [9.17, 15) is 22.8 Å². The van der Waals surface area contributed by atoms with Crippen molar-refractivity contribution in [2.24, 2.45) is 5.92 Å². The molecule has 1 saturated heterocycles. The molecule has 10 heteroatoms. The molecule has 2 heterocycles. The molecule has 2 rings (SSSR count). The first-order valence-corrected chi connectivity index (χ1v) is 6.65. The molecule has 0 saturated carbocycles. The first-order chi connectivity index (χ1) is 10.7. The number of pyridine rings is 1. The van der Waals surface area contributed by atoms with Gasteiger partial charge in [-0.05, 0) is 12.1 Å². The summed E-state index contributed by atoms with van der Waals surface area (Å²) in [6.45, 7) is -0.188. The number of anilines is 2. The van der Waals surface area contributed by atoms with Crippen LogP contribution in [0.5, 0.6) is 0 Å². The van der Waals surface area contributed by atoms with Gasteiger partial charge in [-0.25, -0.2) is 9.78 Å². The van der Waals surface area contributed by atoms with Gasteiger partial charge in [0.05, 0.1) is 17.8 Å². The van der Waals surface area contributed by atoms with Crippen LogP contribution in [0.1, 0.15) is 0 Å². The zero-order valence-electron chi connectivity index (χ0n) is 12.4. The molecule has 7 nitrogen and oxygen atoms in total. The fourth-order valence-electron chi connectivity index (χ4n) is 1.80. The van der Waals surface area contributed by atoms with E-state index >= 15 is 0 Å². The van der Waals surface area contributed by atoms with Crippen molar-refractivity contribution in [2.45, 2.75) is 6.18 Å². The first kappa shape index (κ1) is 17.0. The van der Waals surface area contributed by atoms with Crippen molar-refractivity contribution in [1.82, 2.24) is 10.0 Å². The highest BCUT2D eigenvalue weighted by Crippen LogP contribution is 2.23. The Labute approximate surface area is 130 Å². The van der Waals surface area contributed by atoms with Crippen LogP contribution < -0.4 is 10.2 Å². The minimum atomic E-state index is -5.05. The molecule has 1 aromatic heterocycles. The molecule has 126 valence electrons. The number of hydroxylamine groups is 2. The molecule has 1 amide bonds. The average Bonchev–Trinajstić information content (AvgIpc) is 2.41. The van der Waals surface area contributed by atoms with Crippen LogP contribution in [0.2, 0.25) is 0 Å². The molecule has 0 bridgehead atoms. The van der Waals surface area contributed by atoms with E-state index < -0.39 is 24.0 Å². The van der Waals surface area contributed by atoms with E-state index in [-0.39, 0.29) is 13.1 Å². The average molecular weight is 332 g/mol. The van der Waals surface area contributed by atoms with E-state index in [0.29, 0.717) is 5.82 Å². The van der Waals surface area contributed by atoms with Gasteiger partial charge in [-0.15, -0.1) is 5.06 Å². The lowest BCUT2D eigenvalue weighted by Crippen LogP contribution is -2.53. The topological polar surface area (TPSA) is 74.8 Å². The van der Waals surface area contributed by atoms with Gasteiger partial charge in [0.15, 0.2) is 0 Å². The number of hydrogen-bond acceptors (Lipinski definition) is 6. The maximum Gasteiger partial charge on any atom is 0.492 e. The highest BCUT2D eigenvalue weighted by Gasteiger charge is 2.45. The third-order valence-corrected chi connectivity index (χ3v) is 3.18. The Morgan fingerprint density at radius 1 is 1.35 bits per heavy atom. The quantitative estimate of drug-likeness (QED) is 0.888. The van der Waals surface area contributed by atoms with Crippen LogP contribution in [0.25, 0.3) is 0 Å². The summed E-state index contributed by atoms with van der Waals surface area (Å²) in [4.78, 5) is 32.5. The van der Waals surface area contributed by atoms with Crippen LogP contribution in [-0.2, 0) is 14.4 Å². The van der Waals surface area contributed by atoms with Crippen molar-refractivity contribution in [3.63, 3.8) is 0 Å². The van der Waals surface area contributed by atoms with Gasteiger partial charge in [-0.1, -0.05) is 0 Å². The summed E-state index contributed by atoms with van der Waals surface area (Å²) < 4.78 is 36.0. The third kappa shape index (κ3) is 4.31. The van der Waals surface area contributed by atoms with Crippen molar-refractivity contribution in [1.29, 1.82) is 0 Å². The molecule has 1 aliphatic rings. The molecular weight excluding hydrogens is 317 g/mol. The summed E-state index contributed by atoms with van der Waals surface area (Å²) >= 11 is 0. The second-order valence-electron chi connectivity index (χ2n) is 5.21. The fraction of sp³-hybridized carbons (Fsp3) is 0.462. The number of aromatic nitrogens is 1. The fourth-order valence-corrected chi connectivity index (χ4v) is 1.80. The Morgan fingerprint density at radius 2 is 2.00 bits per heavy atom. The SMILES string of the molecule is CN(C)c1ccc(NC(=O)C2CN(OC(=O)C(F)(F)F)C2)nc1. The van der Waals surface area contributed by atoms with Crippen LogP contribution in [0.4, 0.5) is 24.7 Å². The second-order valence-corrected chi connectivity index (χ2v) is 5.21. The van der Waals surface area contributed by atoms with Crippen molar-refractivity contribution < 1.29 is 27.6 Å². The number of carbonyl (C=O) groups is 2. The maximum absolute atomic E-state index is 12.0. The van der Waals surface area contributed by atoms with Crippen molar-refractivity contribution in [2.75, 3.05) is 37.4 Å². The van der Waals surface area contributed by atoms with Gasteiger partial charge >= 0.3 is 12.1 Å². The summed E-state index contributed by atoms with van der Waals surface area (Å²) in [6.07, 6.45) is -3.47. The number of amides is 1. The van der Waals surface area contributed by atoms with Crippen LogP contribution in [0.3, 0.4) is 0 Å². The molecule has 0 aromatic carbocycles. The molecule has 0 spiro atoms. The molecule has 0 atom stereocenters. The van der Waals surface area contributed by atoms with Crippen LogP contribution in [0.15, 0.2) is 18.3 Å². The standard InChI is InChI=1S/C13H15F3N4O3/c1-19(2)9-3-4-10(17-5-9)18-11(21)8-6-20(7-8)23-12(22)13(14,15)16/h3-5,8H,6-7H2,1-2H3,(H,17,18,21). The predicted molar refractivity (Wildman–Crippen MR) is 74.4 cm³/mol. The Bertz CT molecular complexity index is 583. The van der Waals surface area contributed by atoms with Gasteiger partial charge in [-0.2, -0.15) is 13.2 Å². The summed E-state index contributed by atoms with van der Waals surface area (Å²) in [5.74, 6) is -2.91. The molecule has 23 heavy (non-hydrogen) atoms. The Morgan fingerprint density at radius 3 is 2.48 bits per heavy atom. The number of halogens is 3. The van der Waals surface area contributed by atoms with Crippen LogP contribution >= 0.6 is 0 Å². The smallest absolute Gasteiger partial charge is 0.376 e. The lowest BCUT2D eigenvalue weighted by Gasteiger charge is -2.35. The maximum atomic E-state index is 12.0. The summed E-state index contributed by atoms with van der Waals surface area (Å²) in [5.41, 5.74) is 0.858. The number of nitrogens with one attached hydrogen (secondary N) is 1. The molecule has 1 aromatic rings. The monoisotopic (exact) mass is 332 g/mol. The number of hydrogen-bond donors (Lipinski definition) is 1. The highest BCUT2D eigenvalue weighted by molar-refractivity contribution is 5.92. The van der Waals surface area contributed by atoms with Crippen molar-refractivity contribution in [3.05, 3.63) is 18.3 Å². The Balaban J connectivity index is 1.79. The molecule has 0 unspecified atom stereocenters. The molecule has 0 aliphatic carbocycles. The molecular formula is C13H15F3N4O3. The zero-order valence-corrected chi connectivity index (χ0v) is 12.4. The number of rotatable bonds is 4.